The van der Waals surface area contributed by atoms with Crippen LogP contribution in [-0.4, -0.2) is 37.2 Å². The van der Waals surface area contributed by atoms with Crippen molar-refractivity contribution in [2.75, 3.05) is 13.2 Å². The first-order valence-electron chi connectivity index (χ1n) is 35.9. The van der Waals surface area contributed by atoms with Crippen LogP contribution >= 0.6 is 0 Å². The molecule has 0 fully saturated rings. The minimum atomic E-state index is -0.795. The minimum absolute atomic E-state index is 0.0873. The molecule has 1 unspecified atom stereocenters. The normalized spacial score (nSPS) is 12.5. The lowest BCUT2D eigenvalue weighted by Crippen LogP contribution is -2.30. The average Bonchev–Trinajstić information content (AvgIpc) is 3.47. The van der Waals surface area contributed by atoms with Crippen molar-refractivity contribution in [1.82, 2.24) is 0 Å². The summed E-state index contributed by atoms with van der Waals surface area (Å²) in [5.74, 6) is -0.907. The van der Waals surface area contributed by atoms with E-state index < -0.39 is 6.10 Å². The number of hydrogen-bond acceptors (Lipinski definition) is 6. The van der Waals surface area contributed by atoms with Gasteiger partial charge in [0.05, 0.1) is 0 Å². The fraction of sp³-hybridized carbons (Fsp3) is 0.803. The van der Waals surface area contributed by atoms with Crippen molar-refractivity contribution in [3.63, 3.8) is 0 Å². The third kappa shape index (κ3) is 67.6. The van der Waals surface area contributed by atoms with Gasteiger partial charge in [0.25, 0.3) is 0 Å². The lowest BCUT2D eigenvalue weighted by Gasteiger charge is -2.18. The maximum absolute atomic E-state index is 12.9. The Bertz CT molecular complexity index is 1500. The summed E-state index contributed by atoms with van der Waals surface area (Å²) in [5.41, 5.74) is 0. The molecule has 476 valence electrons. The molecule has 82 heavy (non-hydrogen) atoms. The molecule has 0 aromatic heterocycles. The van der Waals surface area contributed by atoms with Crippen molar-refractivity contribution in [2.24, 2.45) is 0 Å². The highest BCUT2D eigenvalue weighted by Crippen LogP contribution is 2.18. The Balaban J connectivity index is 4.19. The Morgan fingerprint density at radius 1 is 0.256 bits per heavy atom. The molecule has 0 amide bonds. The Kier molecular flexibility index (Phi) is 67.6. The van der Waals surface area contributed by atoms with Gasteiger partial charge in [-0.15, -0.1) is 0 Å². The molecule has 0 heterocycles. The minimum Gasteiger partial charge on any atom is -0.462 e. The fourth-order valence-corrected chi connectivity index (χ4v) is 10.6. The number of rotatable bonds is 66. The van der Waals surface area contributed by atoms with Crippen LogP contribution < -0.4 is 0 Å². The first-order valence-corrected chi connectivity index (χ1v) is 35.9. The largest absolute Gasteiger partial charge is 0.462 e. The number of ether oxygens (including phenoxy) is 3. The second-order valence-electron chi connectivity index (χ2n) is 24.1. The topological polar surface area (TPSA) is 78.9 Å². The summed E-state index contributed by atoms with van der Waals surface area (Å²) >= 11 is 0. The fourth-order valence-electron chi connectivity index (χ4n) is 10.6. The molecule has 0 radical (unpaired) electrons. The van der Waals surface area contributed by atoms with Crippen LogP contribution in [0.25, 0.3) is 0 Å². The molecular formula is C76H136O6. The number of hydrogen-bond donors (Lipinski definition) is 0. The summed E-state index contributed by atoms with van der Waals surface area (Å²) in [5, 5.41) is 0. The predicted molar refractivity (Wildman–Crippen MR) is 358 cm³/mol. The van der Waals surface area contributed by atoms with E-state index in [0.29, 0.717) is 19.3 Å². The zero-order valence-electron chi connectivity index (χ0n) is 54.8. The smallest absolute Gasteiger partial charge is 0.306 e. The van der Waals surface area contributed by atoms with Crippen LogP contribution in [0, 0.1) is 0 Å². The molecule has 0 aliphatic carbocycles. The SMILES string of the molecule is CC/C=C\C/C=C\C/C=C\C/C=C\CCCCCCC(=O)OC(COC(=O)CCCCCCC/C=C\C/C=C\CCCCC)COC(=O)CCCCCCCCCCCCCCCCCCCCCCCCCCCCCCCCCC. The van der Waals surface area contributed by atoms with Crippen molar-refractivity contribution in [3.05, 3.63) is 72.9 Å². The molecule has 0 aromatic carbocycles. The van der Waals surface area contributed by atoms with Crippen molar-refractivity contribution in [2.45, 2.75) is 380 Å². The lowest BCUT2D eigenvalue weighted by molar-refractivity contribution is -0.167. The van der Waals surface area contributed by atoms with E-state index in [9.17, 15) is 14.4 Å². The zero-order valence-corrected chi connectivity index (χ0v) is 54.8. The molecular weight excluding hydrogens is 1010 g/mol. The van der Waals surface area contributed by atoms with Gasteiger partial charge in [0.15, 0.2) is 6.10 Å². The van der Waals surface area contributed by atoms with E-state index in [1.165, 1.54) is 218 Å². The summed E-state index contributed by atoms with van der Waals surface area (Å²) in [6, 6.07) is 0. The Morgan fingerprint density at radius 3 is 0.768 bits per heavy atom. The highest BCUT2D eigenvalue weighted by atomic mass is 16.6. The van der Waals surface area contributed by atoms with Gasteiger partial charge in [-0.3, -0.25) is 14.4 Å². The molecule has 0 rings (SSSR count). The van der Waals surface area contributed by atoms with Crippen LogP contribution in [0.1, 0.15) is 374 Å². The highest BCUT2D eigenvalue weighted by molar-refractivity contribution is 5.71. The second-order valence-corrected chi connectivity index (χ2v) is 24.1. The van der Waals surface area contributed by atoms with Crippen molar-refractivity contribution in [3.8, 4) is 0 Å². The lowest BCUT2D eigenvalue weighted by atomic mass is 10.0. The second kappa shape index (κ2) is 70.3. The van der Waals surface area contributed by atoms with Crippen LogP contribution in [0.5, 0.6) is 0 Å². The van der Waals surface area contributed by atoms with E-state index in [0.717, 1.165) is 116 Å². The summed E-state index contributed by atoms with van der Waals surface area (Å²) in [6.45, 7) is 6.52. The molecule has 0 aromatic rings. The van der Waals surface area contributed by atoms with Crippen molar-refractivity contribution >= 4 is 17.9 Å². The van der Waals surface area contributed by atoms with E-state index in [2.05, 4.69) is 93.7 Å². The van der Waals surface area contributed by atoms with Gasteiger partial charge in [0, 0.05) is 19.3 Å². The zero-order chi connectivity index (χ0) is 59.2. The summed E-state index contributed by atoms with van der Waals surface area (Å²) in [6.07, 6.45) is 92.4. The van der Waals surface area contributed by atoms with Gasteiger partial charge >= 0.3 is 17.9 Å². The molecule has 1 atom stereocenters. The molecule has 0 N–H and O–H groups in total. The van der Waals surface area contributed by atoms with Crippen LogP contribution in [0.15, 0.2) is 72.9 Å². The van der Waals surface area contributed by atoms with Gasteiger partial charge in [0.2, 0.25) is 0 Å². The summed E-state index contributed by atoms with van der Waals surface area (Å²) < 4.78 is 16.9. The Morgan fingerprint density at radius 2 is 0.476 bits per heavy atom. The molecule has 0 saturated carbocycles. The first kappa shape index (κ1) is 78.8. The van der Waals surface area contributed by atoms with E-state index in [1.54, 1.807) is 0 Å². The maximum atomic E-state index is 12.9. The third-order valence-corrected chi connectivity index (χ3v) is 15.9. The molecule has 0 aliphatic rings. The first-order chi connectivity index (χ1) is 40.5. The average molecular weight is 1150 g/mol. The molecule has 0 spiro atoms. The van der Waals surface area contributed by atoms with Crippen LogP contribution in [0.3, 0.4) is 0 Å². The van der Waals surface area contributed by atoms with Gasteiger partial charge in [0.1, 0.15) is 13.2 Å². The van der Waals surface area contributed by atoms with E-state index in [4.69, 9.17) is 14.2 Å². The maximum Gasteiger partial charge on any atom is 0.306 e. The Hall–Kier alpha value is -3.15. The molecule has 0 bridgehead atoms. The quantitative estimate of drug-likeness (QED) is 0.0261. The van der Waals surface area contributed by atoms with Gasteiger partial charge in [-0.1, -0.05) is 338 Å². The number of carbonyl (C=O) groups is 3. The molecule has 6 heteroatoms. The van der Waals surface area contributed by atoms with Crippen LogP contribution in [0.2, 0.25) is 0 Å². The number of esters is 3. The predicted octanol–water partition coefficient (Wildman–Crippen LogP) is 24.8. The molecule has 0 aliphatic heterocycles. The van der Waals surface area contributed by atoms with Gasteiger partial charge < -0.3 is 14.2 Å². The van der Waals surface area contributed by atoms with E-state index in [-0.39, 0.29) is 31.1 Å². The van der Waals surface area contributed by atoms with Gasteiger partial charge in [-0.25, -0.2) is 0 Å². The van der Waals surface area contributed by atoms with Gasteiger partial charge in [-0.05, 0) is 89.9 Å². The standard InChI is InChI=1S/C76H136O6/c1-4-7-10-13-16-19-22-25-28-30-31-32-33-34-35-36-37-38-39-40-41-42-43-44-46-48-51-54-57-60-63-66-69-75(78)81-72-73(71-80-74(77)68-65-62-59-56-53-50-47-27-24-21-18-15-12-9-6-3)82-76(79)70-67-64-61-58-55-52-49-45-29-26-23-20-17-14-11-8-5-2/h8,11,17-18,20-21,26-27,29,47,49,52,73H,4-7,9-10,12-16,19,22-25,28,30-46,48,50-51,53-72H2,1-3H3/b11-8-,20-17-,21-18-,29-26-,47-27-,52-49-. The van der Waals surface area contributed by atoms with Crippen LogP contribution in [-0.2, 0) is 28.6 Å². The molecule has 6 nitrogen and oxygen atoms in total. The Labute approximate surface area is 510 Å². The number of carbonyl (C=O) groups excluding carboxylic acids is 3. The number of allylic oxidation sites excluding steroid dienone is 12. The van der Waals surface area contributed by atoms with Crippen molar-refractivity contribution in [1.29, 1.82) is 0 Å². The number of unbranched alkanes of at least 4 members (excludes halogenated alkanes) is 43. The molecule has 0 saturated heterocycles. The monoisotopic (exact) mass is 1150 g/mol. The highest BCUT2D eigenvalue weighted by Gasteiger charge is 2.19. The van der Waals surface area contributed by atoms with E-state index >= 15 is 0 Å². The van der Waals surface area contributed by atoms with Crippen molar-refractivity contribution < 1.29 is 28.6 Å². The van der Waals surface area contributed by atoms with E-state index in [1.807, 2.05) is 0 Å². The summed E-state index contributed by atoms with van der Waals surface area (Å²) in [4.78, 5) is 38.4. The third-order valence-electron chi connectivity index (χ3n) is 15.9. The van der Waals surface area contributed by atoms with Crippen LogP contribution in [0.4, 0.5) is 0 Å². The van der Waals surface area contributed by atoms with Gasteiger partial charge in [-0.2, -0.15) is 0 Å². The summed E-state index contributed by atoms with van der Waals surface area (Å²) in [7, 11) is 0.